The average molecular weight is 529 g/mol. The number of carbonyl (C=O) groups excluding carboxylic acids is 2. The zero-order valence-electron chi connectivity index (χ0n) is 23.5. The Morgan fingerprint density at radius 2 is 1.64 bits per heavy atom. The van der Waals surface area contributed by atoms with Gasteiger partial charge in [0.2, 0.25) is 11.8 Å². The lowest BCUT2D eigenvalue weighted by Gasteiger charge is -2.29. The molecule has 7 heteroatoms. The molecule has 0 bridgehead atoms. The maximum Gasteiger partial charge on any atom is 0.242 e. The summed E-state index contributed by atoms with van der Waals surface area (Å²) in [5, 5.41) is 1.17. The monoisotopic (exact) mass is 528 g/mol. The number of benzene rings is 2. The second-order valence-electron chi connectivity index (χ2n) is 10.3. The van der Waals surface area contributed by atoms with Crippen LogP contribution in [-0.2, 0) is 29.1 Å². The van der Waals surface area contributed by atoms with Crippen molar-refractivity contribution in [1.29, 1.82) is 0 Å². The lowest BCUT2D eigenvalue weighted by molar-refractivity contribution is -0.144. The lowest BCUT2D eigenvalue weighted by Crippen LogP contribution is -2.44. The second-order valence-corrected chi connectivity index (χ2v) is 10.3. The van der Waals surface area contributed by atoms with Crippen LogP contribution in [0.1, 0.15) is 43.6 Å². The van der Waals surface area contributed by atoms with Crippen LogP contribution in [0, 0.1) is 5.92 Å². The quantitative estimate of drug-likeness (QED) is 0.236. The molecule has 0 spiro atoms. The third-order valence-electron chi connectivity index (χ3n) is 7.40. The zero-order valence-corrected chi connectivity index (χ0v) is 23.5. The van der Waals surface area contributed by atoms with Crippen LogP contribution in [0.2, 0.25) is 0 Å². The minimum atomic E-state index is -0.119. The molecule has 39 heavy (non-hydrogen) atoms. The molecule has 0 saturated heterocycles. The van der Waals surface area contributed by atoms with Gasteiger partial charge in [0.25, 0.3) is 0 Å². The molecule has 0 saturated carbocycles. The number of para-hydroxylation sites is 1. The molecule has 0 aliphatic heterocycles. The van der Waals surface area contributed by atoms with Gasteiger partial charge in [-0.25, -0.2) is 0 Å². The van der Waals surface area contributed by atoms with Crippen molar-refractivity contribution >= 4 is 28.4 Å². The average Bonchev–Trinajstić information content (AvgIpc) is 3.61. The van der Waals surface area contributed by atoms with Crippen LogP contribution in [-0.4, -0.2) is 53.8 Å². The zero-order chi connectivity index (χ0) is 27.8. The first-order valence-corrected chi connectivity index (χ1v) is 13.8. The minimum absolute atomic E-state index is 0.00309. The molecule has 1 N–H and O–H groups in total. The molecule has 4 aromatic rings. The number of aromatic nitrogens is 1. The molecule has 0 atom stereocenters. The molecule has 0 unspecified atom stereocenters. The molecule has 0 fully saturated rings. The van der Waals surface area contributed by atoms with Crippen LogP contribution >= 0.6 is 0 Å². The van der Waals surface area contributed by atoms with Gasteiger partial charge in [0.05, 0.1) is 12.8 Å². The molecular weight excluding hydrogens is 488 g/mol. The van der Waals surface area contributed by atoms with Crippen molar-refractivity contribution in [3.63, 3.8) is 0 Å². The SMILES string of the molecule is CCC(CC)C(=O)N(CC(=O)N(CCc1c[nH]c2ccccc12)Cc1ccc(N(C)C)cc1)Cc1ccco1. The number of H-pyrrole nitrogens is 1. The number of aromatic amines is 1. The number of fused-ring (bicyclic) bond motifs is 1. The summed E-state index contributed by atoms with van der Waals surface area (Å²) in [6.45, 7) is 5.35. The summed E-state index contributed by atoms with van der Waals surface area (Å²) >= 11 is 0. The third kappa shape index (κ3) is 7.11. The Balaban J connectivity index is 1.56. The van der Waals surface area contributed by atoms with Gasteiger partial charge in [-0.2, -0.15) is 0 Å². The fraction of sp³-hybridized carbons (Fsp3) is 0.375. The van der Waals surface area contributed by atoms with Crippen LogP contribution < -0.4 is 4.90 Å². The molecule has 0 aliphatic rings. The molecular formula is C32H40N4O3. The van der Waals surface area contributed by atoms with Gasteiger partial charge in [0, 0.05) is 55.9 Å². The topological polar surface area (TPSA) is 72.8 Å². The second kappa shape index (κ2) is 13.2. The number of carbonyl (C=O) groups is 2. The van der Waals surface area contributed by atoms with Gasteiger partial charge >= 0.3 is 0 Å². The van der Waals surface area contributed by atoms with E-state index < -0.39 is 0 Å². The predicted octanol–water partition coefficient (Wildman–Crippen LogP) is 5.86. The number of furan rings is 1. The molecule has 2 aromatic heterocycles. The maximum atomic E-state index is 13.9. The molecule has 0 radical (unpaired) electrons. The first-order valence-electron chi connectivity index (χ1n) is 13.8. The number of amides is 2. The van der Waals surface area contributed by atoms with Gasteiger partial charge in [-0.1, -0.05) is 44.2 Å². The van der Waals surface area contributed by atoms with E-state index in [0.29, 0.717) is 25.3 Å². The summed E-state index contributed by atoms with van der Waals surface area (Å²) < 4.78 is 5.54. The number of rotatable bonds is 13. The molecule has 0 aliphatic carbocycles. The summed E-state index contributed by atoms with van der Waals surface area (Å²) in [5.41, 5.74) is 4.42. The van der Waals surface area contributed by atoms with Crippen LogP contribution in [0.5, 0.6) is 0 Å². The third-order valence-corrected chi connectivity index (χ3v) is 7.40. The van der Waals surface area contributed by atoms with Crippen molar-refractivity contribution < 1.29 is 14.0 Å². The molecule has 4 rings (SSSR count). The van der Waals surface area contributed by atoms with Crippen molar-refractivity contribution in [3.8, 4) is 0 Å². The maximum absolute atomic E-state index is 13.9. The standard InChI is InChI=1S/C32H40N4O3/c1-5-25(6-2)32(38)36(22-28-10-9-19-39-28)23-31(37)35(21-24-13-15-27(16-14-24)34(3)4)18-17-26-20-33-30-12-8-7-11-29(26)30/h7-16,19-20,25,33H,5-6,17-18,21-23H2,1-4H3. The van der Waals surface area contributed by atoms with E-state index in [1.807, 2.05) is 63.3 Å². The Hall–Kier alpha value is -4.00. The van der Waals surface area contributed by atoms with Gasteiger partial charge in [-0.3, -0.25) is 9.59 Å². The molecule has 2 heterocycles. The van der Waals surface area contributed by atoms with E-state index >= 15 is 0 Å². The highest BCUT2D eigenvalue weighted by molar-refractivity contribution is 5.86. The normalized spacial score (nSPS) is 11.2. The van der Waals surface area contributed by atoms with Gasteiger partial charge in [-0.05, 0) is 60.7 Å². The van der Waals surface area contributed by atoms with E-state index in [1.165, 1.54) is 10.9 Å². The van der Waals surface area contributed by atoms with Gasteiger partial charge in [-0.15, -0.1) is 0 Å². The summed E-state index contributed by atoms with van der Waals surface area (Å²) in [4.78, 5) is 36.2. The summed E-state index contributed by atoms with van der Waals surface area (Å²) in [7, 11) is 4.02. The summed E-state index contributed by atoms with van der Waals surface area (Å²) in [5.74, 6) is 0.479. The highest BCUT2D eigenvalue weighted by Crippen LogP contribution is 2.21. The van der Waals surface area contributed by atoms with Crippen molar-refractivity contribution in [2.75, 3.05) is 32.1 Å². The minimum Gasteiger partial charge on any atom is -0.467 e. The predicted molar refractivity (Wildman–Crippen MR) is 156 cm³/mol. The highest BCUT2D eigenvalue weighted by atomic mass is 16.3. The van der Waals surface area contributed by atoms with E-state index in [4.69, 9.17) is 4.42 Å². The van der Waals surface area contributed by atoms with Crippen LogP contribution in [0.15, 0.2) is 77.5 Å². The molecule has 7 nitrogen and oxygen atoms in total. The summed E-state index contributed by atoms with van der Waals surface area (Å²) in [6, 6.07) is 20.1. The number of hydrogen-bond acceptors (Lipinski definition) is 4. The van der Waals surface area contributed by atoms with E-state index in [0.717, 1.165) is 29.6 Å². The van der Waals surface area contributed by atoms with Gasteiger partial charge in [0.15, 0.2) is 0 Å². The molecule has 2 amide bonds. The van der Waals surface area contributed by atoms with Crippen LogP contribution in [0.4, 0.5) is 5.69 Å². The number of hydrogen-bond donors (Lipinski definition) is 1. The van der Waals surface area contributed by atoms with Crippen molar-refractivity contribution in [3.05, 3.63) is 90.0 Å². The number of nitrogens with one attached hydrogen (secondary N) is 1. The van der Waals surface area contributed by atoms with E-state index in [2.05, 4.69) is 46.3 Å². The largest absolute Gasteiger partial charge is 0.467 e. The Labute approximate surface area is 231 Å². The fourth-order valence-electron chi connectivity index (χ4n) is 4.97. The van der Waals surface area contributed by atoms with Gasteiger partial charge in [0.1, 0.15) is 12.3 Å². The number of anilines is 1. The number of nitrogens with zero attached hydrogens (tertiary/aromatic N) is 3. The van der Waals surface area contributed by atoms with Crippen molar-refractivity contribution in [2.24, 2.45) is 5.92 Å². The van der Waals surface area contributed by atoms with Crippen molar-refractivity contribution in [2.45, 2.75) is 46.2 Å². The Morgan fingerprint density at radius 1 is 0.897 bits per heavy atom. The van der Waals surface area contributed by atoms with Crippen molar-refractivity contribution in [1.82, 2.24) is 14.8 Å². The Morgan fingerprint density at radius 3 is 2.31 bits per heavy atom. The van der Waals surface area contributed by atoms with Crippen LogP contribution in [0.25, 0.3) is 10.9 Å². The molecule has 2 aromatic carbocycles. The van der Waals surface area contributed by atoms with E-state index in [-0.39, 0.29) is 30.8 Å². The van der Waals surface area contributed by atoms with E-state index in [9.17, 15) is 9.59 Å². The Bertz CT molecular complexity index is 1340. The lowest BCUT2D eigenvalue weighted by atomic mass is 10.0. The first kappa shape index (κ1) is 28.0. The molecule has 206 valence electrons. The van der Waals surface area contributed by atoms with Crippen LogP contribution in [0.3, 0.4) is 0 Å². The fourth-order valence-corrected chi connectivity index (χ4v) is 4.97. The van der Waals surface area contributed by atoms with E-state index in [1.54, 1.807) is 11.2 Å². The Kier molecular flexibility index (Phi) is 9.47. The smallest absolute Gasteiger partial charge is 0.242 e. The first-order chi connectivity index (χ1) is 18.9. The van der Waals surface area contributed by atoms with Gasteiger partial charge < -0.3 is 24.1 Å². The highest BCUT2D eigenvalue weighted by Gasteiger charge is 2.27. The summed E-state index contributed by atoms with van der Waals surface area (Å²) in [6.07, 6.45) is 5.81.